The van der Waals surface area contributed by atoms with Crippen LogP contribution < -0.4 is 0 Å². The van der Waals surface area contributed by atoms with Crippen molar-refractivity contribution in [3.8, 4) is 0 Å². The van der Waals surface area contributed by atoms with Crippen LogP contribution in [0.2, 0.25) is 0 Å². The molecule has 2 rings (SSSR count). The van der Waals surface area contributed by atoms with Crippen molar-refractivity contribution >= 4 is 15.9 Å². The molecule has 0 amide bonds. The average Bonchev–Trinajstić information content (AvgIpc) is 2.52. The van der Waals surface area contributed by atoms with Crippen LogP contribution in [0.5, 0.6) is 0 Å². The number of nitrogens with zero attached hydrogens (tertiary/aromatic N) is 3. The van der Waals surface area contributed by atoms with Crippen LogP contribution in [-0.2, 0) is 0 Å². The summed E-state index contributed by atoms with van der Waals surface area (Å²) in [7, 11) is 2.13. The lowest BCUT2D eigenvalue weighted by Gasteiger charge is -2.27. The van der Waals surface area contributed by atoms with Crippen LogP contribution in [0.15, 0.2) is 9.32 Å². The normalized spacial score (nSPS) is 24.9. The third-order valence-corrected chi connectivity index (χ3v) is 2.73. The van der Waals surface area contributed by atoms with E-state index in [1.54, 1.807) is 0 Å². The minimum atomic E-state index is 0.439. The molecule has 0 spiro atoms. The number of hydrogen-bond donors (Lipinski definition) is 0. The third kappa shape index (κ3) is 2.08. The molecular formula is C8H12BrN3O. The van der Waals surface area contributed by atoms with Gasteiger partial charge in [-0.05, 0) is 26.4 Å². The molecule has 1 unspecified atom stereocenters. The number of rotatable bonds is 1. The Labute approximate surface area is 85.4 Å². The SMILES string of the molecule is CN1CCCC(c2noc(Br)n2)C1. The summed E-state index contributed by atoms with van der Waals surface area (Å²) in [4.78, 5) is 6.97. The molecule has 5 heteroatoms. The highest BCUT2D eigenvalue weighted by Gasteiger charge is 2.22. The molecule has 0 saturated carbocycles. The van der Waals surface area contributed by atoms with Gasteiger partial charge in [0.05, 0.1) is 0 Å². The molecule has 0 bridgehead atoms. The fourth-order valence-electron chi connectivity index (χ4n) is 1.76. The Morgan fingerprint density at radius 2 is 2.46 bits per heavy atom. The molecule has 0 radical (unpaired) electrons. The van der Waals surface area contributed by atoms with E-state index in [1.165, 1.54) is 13.0 Å². The van der Waals surface area contributed by atoms with Crippen molar-refractivity contribution in [3.05, 3.63) is 10.6 Å². The Morgan fingerprint density at radius 1 is 1.62 bits per heavy atom. The second kappa shape index (κ2) is 3.75. The molecule has 1 saturated heterocycles. The molecule has 1 aromatic heterocycles. The first-order valence-electron chi connectivity index (χ1n) is 4.43. The molecule has 1 aliphatic rings. The first kappa shape index (κ1) is 9.15. The van der Waals surface area contributed by atoms with Crippen LogP contribution in [0, 0.1) is 0 Å². The number of likely N-dealkylation sites (N-methyl/N-ethyl adjacent to an activating group) is 1. The van der Waals surface area contributed by atoms with Gasteiger partial charge in [-0.15, -0.1) is 0 Å². The highest BCUT2D eigenvalue weighted by atomic mass is 79.9. The Bertz CT molecular complexity index is 289. The van der Waals surface area contributed by atoms with Crippen LogP contribution in [0.1, 0.15) is 24.6 Å². The second-order valence-electron chi connectivity index (χ2n) is 3.51. The van der Waals surface area contributed by atoms with Gasteiger partial charge in [-0.3, -0.25) is 0 Å². The predicted octanol–water partition coefficient (Wildman–Crippen LogP) is 1.64. The summed E-state index contributed by atoms with van der Waals surface area (Å²) in [5.41, 5.74) is 0. The zero-order valence-corrected chi connectivity index (χ0v) is 9.12. The maximum atomic E-state index is 4.89. The zero-order valence-electron chi connectivity index (χ0n) is 7.53. The summed E-state index contributed by atoms with van der Waals surface area (Å²) in [5.74, 6) is 1.27. The molecule has 0 N–H and O–H groups in total. The molecular weight excluding hydrogens is 234 g/mol. The van der Waals surface area contributed by atoms with Gasteiger partial charge in [0.1, 0.15) is 0 Å². The fourth-order valence-corrected chi connectivity index (χ4v) is 2.01. The predicted molar refractivity (Wildman–Crippen MR) is 51.5 cm³/mol. The number of aromatic nitrogens is 2. The average molecular weight is 246 g/mol. The minimum Gasteiger partial charge on any atom is -0.327 e. The van der Waals surface area contributed by atoms with Gasteiger partial charge in [0.15, 0.2) is 5.82 Å². The van der Waals surface area contributed by atoms with Crippen molar-refractivity contribution in [2.45, 2.75) is 18.8 Å². The van der Waals surface area contributed by atoms with E-state index in [2.05, 4.69) is 38.0 Å². The van der Waals surface area contributed by atoms with Gasteiger partial charge < -0.3 is 9.42 Å². The van der Waals surface area contributed by atoms with Crippen molar-refractivity contribution in [1.82, 2.24) is 15.0 Å². The molecule has 0 aliphatic carbocycles. The van der Waals surface area contributed by atoms with Crippen molar-refractivity contribution in [2.24, 2.45) is 0 Å². The number of halogens is 1. The molecule has 72 valence electrons. The summed E-state index contributed by atoms with van der Waals surface area (Å²) in [6.07, 6.45) is 2.38. The minimum absolute atomic E-state index is 0.439. The number of likely N-dealkylation sites (tertiary alicyclic amines) is 1. The molecule has 1 aromatic rings. The Balaban J connectivity index is 2.08. The van der Waals surface area contributed by atoms with Crippen molar-refractivity contribution in [1.29, 1.82) is 0 Å². The van der Waals surface area contributed by atoms with Gasteiger partial charge in [0.25, 0.3) is 4.80 Å². The van der Waals surface area contributed by atoms with Crippen LogP contribution in [-0.4, -0.2) is 35.2 Å². The smallest absolute Gasteiger partial charge is 0.293 e. The highest BCUT2D eigenvalue weighted by Crippen LogP contribution is 2.24. The van der Waals surface area contributed by atoms with Crippen molar-refractivity contribution in [2.75, 3.05) is 20.1 Å². The monoisotopic (exact) mass is 245 g/mol. The highest BCUT2D eigenvalue weighted by molar-refractivity contribution is 9.10. The lowest BCUT2D eigenvalue weighted by molar-refractivity contribution is 0.242. The number of piperidine rings is 1. The van der Waals surface area contributed by atoms with Gasteiger partial charge in [-0.2, -0.15) is 4.98 Å². The largest absolute Gasteiger partial charge is 0.327 e. The maximum absolute atomic E-state index is 4.89. The summed E-state index contributed by atoms with van der Waals surface area (Å²) < 4.78 is 4.89. The zero-order chi connectivity index (χ0) is 9.26. The first-order valence-corrected chi connectivity index (χ1v) is 5.22. The van der Waals surface area contributed by atoms with E-state index in [9.17, 15) is 0 Å². The molecule has 1 fully saturated rings. The summed E-state index contributed by atoms with van der Waals surface area (Å²) in [5, 5.41) is 3.91. The van der Waals surface area contributed by atoms with Crippen molar-refractivity contribution < 1.29 is 4.52 Å². The third-order valence-electron chi connectivity index (χ3n) is 2.41. The quantitative estimate of drug-likeness (QED) is 0.755. The van der Waals surface area contributed by atoms with Gasteiger partial charge in [-0.1, -0.05) is 5.16 Å². The van der Waals surface area contributed by atoms with Gasteiger partial charge in [0, 0.05) is 28.4 Å². The Hall–Kier alpha value is -0.420. The first-order chi connectivity index (χ1) is 6.25. The van der Waals surface area contributed by atoms with E-state index in [1.807, 2.05) is 0 Å². The van der Waals surface area contributed by atoms with Gasteiger partial charge in [-0.25, -0.2) is 0 Å². The molecule has 1 aliphatic heterocycles. The summed E-state index contributed by atoms with van der Waals surface area (Å²) in [6.45, 7) is 2.21. The molecule has 1 atom stereocenters. The van der Waals surface area contributed by atoms with E-state index < -0.39 is 0 Å². The lowest BCUT2D eigenvalue weighted by atomic mass is 9.98. The van der Waals surface area contributed by atoms with Crippen LogP contribution in [0.25, 0.3) is 0 Å². The molecule has 13 heavy (non-hydrogen) atoms. The van der Waals surface area contributed by atoms with Crippen molar-refractivity contribution in [3.63, 3.8) is 0 Å². The second-order valence-corrected chi connectivity index (χ2v) is 4.19. The molecule has 0 aromatic carbocycles. The van der Waals surface area contributed by atoms with Gasteiger partial charge >= 0.3 is 0 Å². The maximum Gasteiger partial charge on any atom is 0.293 e. The van der Waals surface area contributed by atoms with E-state index in [4.69, 9.17) is 4.52 Å². The van der Waals surface area contributed by atoms with E-state index >= 15 is 0 Å². The summed E-state index contributed by atoms with van der Waals surface area (Å²) in [6, 6.07) is 0. The van der Waals surface area contributed by atoms with E-state index in [-0.39, 0.29) is 0 Å². The van der Waals surface area contributed by atoms with Gasteiger partial charge in [0.2, 0.25) is 0 Å². The van der Waals surface area contributed by atoms with E-state index in [0.717, 1.165) is 18.8 Å². The lowest BCUT2D eigenvalue weighted by Crippen LogP contribution is -2.31. The van der Waals surface area contributed by atoms with Crippen LogP contribution in [0.3, 0.4) is 0 Å². The molecule has 2 heterocycles. The van der Waals surface area contributed by atoms with Crippen LogP contribution >= 0.6 is 15.9 Å². The van der Waals surface area contributed by atoms with E-state index in [0.29, 0.717) is 10.7 Å². The summed E-state index contributed by atoms with van der Waals surface area (Å²) >= 11 is 3.16. The fraction of sp³-hybridized carbons (Fsp3) is 0.750. The Kier molecular flexibility index (Phi) is 2.64. The Morgan fingerprint density at radius 3 is 3.08 bits per heavy atom. The standard InChI is InChI=1S/C8H12BrN3O/c1-12-4-2-3-6(5-12)7-10-8(9)13-11-7/h6H,2-5H2,1H3. The van der Waals surface area contributed by atoms with Crippen LogP contribution in [0.4, 0.5) is 0 Å². The molecule has 4 nitrogen and oxygen atoms in total. The number of hydrogen-bond acceptors (Lipinski definition) is 4. The topological polar surface area (TPSA) is 42.2 Å².